The van der Waals surface area contributed by atoms with Crippen LogP contribution in [0, 0.1) is 0 Å². The van der Waals surface area contributed by atoms with Crippen LogP contribution in [0.1, 0.15) is 15.9 Å². The molecule has 1 aromatic heterocycles. The second kappa shape index (κ2) is 6.04. The van der Waals surface area contributed by atoms with Gasteiger partial charge >= 0.3 is 0 Å². The molecule has 0 atom stereocenters. The fourth-order valence-corrected chi connectivity index (χ4v) is 3.02. The van der Waals surface area contributed by atoms with Crippen LogP contribution in [-0.4, -0.2) is 15.7 Å². The summed E-state index contributed by atoms with van der Waals surface area (Å²) < 4.78 is 2.09. The summed E-state index contributed by atoms with van der Waals surface area (Å²) in [5, 5.41) is 2.04. The molecule has 0 aliphatic rings. The van der Waals surface area contributed by atoms with Gasteiger partial charge in [-0.05, 0) is 23.8 Å². The summed E-state index contributed by atoms with van der Waals surface area (Å²) in [6.07, 6.45) is 1.93. The number of carbonyl (C=O) groups excluding carboxylic acids is 1. The van der Waals surface area contributed by atoms with E-state index in [2.05, 4.69) is 20.5 Å². The Labute approximate surface area is 136 Å². The van der Waals surface area contributed by atoms with Crippen molar-refractivity contribution in [2.24, 2.45) is 0 Å². The first kappa shape index (κ1) is 14.4. The van der Waals surface area contributed by atoms with Crippen LogP contribution >= 0.6 is 27.5 Å². The lowest BCUT2D eigenvalue weighted by atomic mass is 10.1. The molecular formula is C17H13BrClNO. The molecule has 21 heavy (non-hydrogen) atoms. The van der Waals surface area contributed by atoms with Crippen LogP contribution in [0.4, 0.5) is 0 Å². The van der Waals surface area contributed by atoms with Gasteiger partial charge in [0.25, 0.3) is 0 Å². The van der Waals surface area contributed by atoms with E-state index in [-0.39, 0.29) is 5.78 Å². The molecule has 2 nitrogen and oxygen atoms in total. The number of ketones is 1. The number of rotatable bonds is 4. The van der Waals surface area contributed by atoms with Gasteiger partial charge in [0.15, 0.2) is 5.78 Å². The van der Waals surface area contributed by atoms with Crippen molar-refractivity contribution in [2.45, 2.75) is 6.54 Å². The number of hydrogen-bond acceptors (Lipinski definition) is 1. The maximum Gasteiger partial charge on any atom is 0.175 e. The van der Waals surface area contributed by atoms with Crippen molar-refractivity contribution in [2.75, 3.05) is 5.33 Å². The third-order valence-electron chi connectivity index (χ3n) is 3.45. The van der Waals surface area contributed by atoms with Gasteiger partial charge in [-0.1, -0.05) is 57.9 Å². The summed E-state index contributed by atoms with van der Waals surface area (Å²) in [4.78, 5) is 12.1. The van der Waals surface area contributed by atoms with E-state index in [9.17, 15) is 4.79 Å². The lowest BCUT2D eigenvalue weighted by molar-refractivity contribution is 0.102. The number of benzene rings is 2. The number of carbonyl (C=O) groups is 1. The average molecular weight is 363 g/mol. The van der Waals surface area contributed by atoms with E-state index >= 15 is 0 Å². The predicted octanol–water partition coefficient (Wildman–Crippen LogP) is 4.92. The molecule has 0 aliphatic heterocycles. The third kappa shape index (κ3) is 2.89. The monoisotopic (exact) mass is 361 g/mol. The molecular weight excluding hydrogens is 350 g/mol. The highest BCUT2D eigenvalue weighted by molar-refractivity contribution is 9.09. The van der Waals surface area contributed by atoms with E-state index in [0.717, 1.165) is 27.1 Å². The molecule has 0 radical (unpaired) electrons. The lowest BCUT2D eigenvalue weighted by Gasteiger charge is -2.05. The number of Topliss-reactive ketones (excluding diaryl/α,β-unsaturated/α-hetero) is 1. The van der Waals surface area contributed by atoms with Crippen molar-refractivity contribution in [3.63, 3.8) is 0 Å². The van der Waals surface area contributed by atoms with Crippen LogP contribution in [0.25, 0.3) is 10.9 Å². The highest BCUT2D eigenvalue weighted by Gasteiger charge is 2.13. The topological polar surface area (TPSA) is 22.0 Å². The Balaban J connectivity index is 2.08. The van der Waals surface area contributed by atoms with Gasteiger partial charge in [-0.25, -0.2) is 0 Å². The molecule has 0 amide bonds. The van der Waals surface area contributed by atoms with Gasteiger partial charge in [-0.2, -0.15) is 0 Å². The Bertz CT molecular complexity index is 809. The highest BCUT2D eigenvalue weighted by atomic mass is 79.9. The fraction of sp³-hybridized carbons (Fsp3) is 0.118. The number of nitrogens with zero attached hydrogens (tertiary/aromatic N) is 1. The first-order valence-corrected chi connectivity index (χ1v) is 8.10. The molecule has 4 heteroatoms. The van der Waals surface area contributed by atoms with Gasteiger partial charge in [0, 0.05) is 34.2 Å². The van der Waals surface area contributed by atoms with Crippen molar-refractivity contribution in [1.29, 1.82) is 0 Å². The summed E-state index contributed by atoms with van der Waals surface area (Å²) >= 11 is 9.28. The first-order chi connectivity index (χ1) is 10.2. The number of alkyl halides is 1. The fourth-order valence-electron chi connectivity index (χ4n) is 2.50. The molecule has 0 N–H and O–H groups in total. The normalized spacial score (nSPS) is 11.0. The average Bonchev–Trinajstić information content (AvgIpc) is 2.86. The van der Waals surface area contributed by atoms with Crippen molar-refractivity contribution in [3.05, 3.63) is 70.9 Å². The van der Waals surface area contributed by atoms with Gasteiger partial charge < -0.3 is 4.57 Å². The third-order valence-corrected chi connectivity index (χ3v) is 4.20. The van der Waals surface area contributed by atoms with E-state index in [1.165, 1.54) is 0 Å². The zero-order valence-corrected chi connectivity index (χ0v) is 13.6. The van der Waals surface area contributed by atoms with Gasteiger partial charge in [0.05, 0.1) is 5.33 Å². The van der Waals surface area contributed by atoms with Crippen molar-refractivity contribution in [3.8, 4) is 0 Å². The number of halogens is 2. The molecule has 0 aliphatic carbocycles. The zero-order chi connectivity index (χ0) is 14.8. The maximum absolute atomic E-state index is 12.1. The van der Waals surface area contributed by atoms with Crippen molar-refractivity contribution < 1.29 is 4.79 Å². The Morgan fingerprint density at radius 3 is 2.71 bits per heavy atom. The first-order valence-electron chi connectivity index (χ1n) is 6.60. The smallest absolute Gasteiger partial charge is 0.175 e. The molecule has 3 aromatic rings. The molecule has 2 aromatic carbocycles. The molecule has 1 heterocycles. The Morgan fingerprint density at radius 1 is 1.14 bits per heavy atom. The number of aromatic nitrogens is 1. The molecule has 0 spiro atoms. The summed E-state index contributed by atoms with van der Waals surface area (Å²) in [6.45, 7) is 0.691. The van der Waals surface area contributed by atoms with E-state index in [1.807, 2.05) is 54.7 Å². The summed E-state index contributed by atoms with van der Waals surface area (Å²) in [6, 6.07) is 15.7. The van der Waals surface area contributed by atoms with Crippen LogP contribution in [0.3, 0.4) is 0 Å². The van der Waals surface area contributed by atoms with Crippen LogP contribution in [0.2, 0.25) is 5.02 Å². The van der Waals surface area contributed by atoms with E-state index in [1.54, 1.807) is 0 Å². The molecule has 0 bridgehead atoms. The Kier molecular flexibility index (Phi) is 4.13. The molecule has 0 unspecified atom stereocenters. The largest absolute Gasteiger partial charge is 0.342 e. The summed E-state index contributed by atoms with van der Waals surface area (Å²) in [5.74, 6) is 0.0936. The van der Waals surface area contributed by atoms with E-state index in [4.69, 9.17) is 11.6 Å². The summed E-state index contributed by atoms with van der Waals surface area (Å²) in [5.41, 5.74) is 2.92. The molecule has 0 saturated heterocycles. The van der Waals surface area contributed by atoms with E-state index < -0.39 is 0 Å². The standard InChI is InChI=1S/C17H13BrClNO/c18-9-17(21)15-11-20(16-7-2-1-6-14(15)16)10-12-4-3-5-13(19)8-12/h1-8,11H,9-10H2. The minimum absolute atomic E-state index is 0.0936. The van der Waals surface area contributed by atoms with Crippen molar-refractivity contribution >= 4 is 44.2 Å². The quantitative estimate of drug-likeness (QED) is 0.477. The van der Waals surface area contributed by atoms with Gasteiger partial charge in [0.1, 0.15) is 0 Å². The number of para-hydroxylation sites is 1. The van der Waals surface area contributed by atoms with Crippen LogP contribution < -0.4 is 0 Å². The number of fused-ring (bicyclic) bond motifs is 1. The number of hydrogen-bond donors (Lipinski definition) is 0. The molecule has 106 valence electrons. The van der Waals surface area contributed by atoms with Crippen molar-refractivity contribution in [1.82, 2.24) is 4.57 Å². The lowest BCUT2D eigenvalue weighted by Crippen LogP contribution is -2.00. The maximum atomic E-state index is 12.1. The summed E-state index contributed by atoms with van der Waals surface area (Å²) in [7, 11) is 0. The SMILES string of the molecule is O=C(CBr)c1cn(Cc2cccc(Cl)c2)c2ccccc12. The van der Waals surface area contributed by atoms with Gasteiger partial charge in [-0.3, -0.25) is 4.79 Å². The molecule has 0 fully saturated rings. The second-order valence-electron chi connectivity index (χ2n) is 4.87. The highest BCUT2D eigenvalue weighted by Crippen LogP contribution is 2.24. The molecule has 0 saturated carbocycles. The Morgan fingerprint density at radius 2 is 1.95 bits per heavy atom. The Hall–Kier alpha value is -1.58. The van der Waals surface area contributed by atoms with Gasteiger partial charge in [0.2, 0.25) is 0 Å². The minimum Gasteiger partial charge on any atom is -0.342 e. The van der Waals surface area contributed by atoms with Crippen LogP contribution in [0.15, 0.2) is 54.7 Å². The zero-order valence-electron chi connectivity index (χ0n) is 11.2. The second-order valence-corrected chi connectivity index (χ2v) is 5.87. The van der Waals surface area contributed by atoms with E-state index in [0.29, 0.717) is 11.9 Å². The minimum atomic E-state index is 0.0936. The van der Waals surface area contributed by atoms with Crippen LogP contribution in [0.5, 0.6) is 0 Å². The van der Waals surface area contributed by atoms with Gasteiger partial charge in [-0.15, -0.1) is 0 Å². The molecule has 3 rings (SSSR count). The van der Waals surface area contributed by atoms with Crippen LogP contribution in [-0.2, 0) is 6.54 Å². The predicted molar refractivity (Wildman–Crippen MR) is 90.6 cm³/mol.